The normalized spacial score (nSPS) is 48.2. The topological polar surface area (TPSA) is 9.23 Å². The molecular weight excluding hydrogens is 225 g/mol. The van der Waals surface area contributed by atoms with Crippen molar-refractivity contribution in [2.75, 3.05) is 0 Å². The average Bonchev–Trinajstić information content (AvgIpc) is 1.97. The minimum Gasteiger partial charge on any atom is -0.407 e. The van der Waals surface area contributed by atoms with Crippen molar-refractivity contribution in [3.63, 3.8) is 0 Å². The van der Waals surface area contributed by atoms with Crippen LogP contribution < -0.4 is 0 Å². The fraction of sp³-hybridized carbons (Fsp3) is 0.900. The summed E-state index contributed by atoms with van der Waals surface area (Å²) >= 11 is 0. The Kier molecular flexibility index (Phi) is 5.52. The molecule has 0 aliphatic carbocycles. The van der Waals surface area contributed by atoms with Crippen molar-refractivity contribution in [1.29, 1.82) is 0 Å². The van der Waals surface area contributed by atoms with Gasteiger partial charge in [0.05, 0.1) is 6.10 Å². The molecule has 0 bridgehead atoms. The largest absolute Gasteiger partial charge is 0.407 e. The third-order valence-electron chi connectivity index (χ3n) is 3.38. The quantitative estimate of drug-likeness (QED) is 0.595. The molecule has 0 unspecified atom stereocenters. The maximum absolute atomic E-state index is 5.67. The molecule has 0 aromatic rings. The molecule has 2 heteroatoms. The van der Waals surface area contributed by atoms with Crippen molar-refractivity contribution in [3.05, 3.63) is 6.92 Å². The zero-order valence-corrected chi connectivity index (χ0v) is 11.4. The van der Waals surface area contributed by atoms with Gasteiger partial charge in [0.2, 0.25) is 0 Å². The van der Waals surface area contributed by atoms with E-state index < -0.39 is 0 Å². The number of rotatable bonds is 0. The first kappa shape index (κ1) is 13.1. The molecule has 0 spiro atoms. The Balaban J connectivity index is 0.00000121. The summed E-state index contributed by atoms with van der Waals surface area (Å²) in [6.07, 6.45) is 0.569. The monoisotopic (exact) mass is 244 g/mol. The van der Waals surface area contributed by atoms with Gasteiger partial charge >= 0.3 is 0 Å². The molecule has 1 aliphatic heterocycles. The van der Waals surface area contributed by atoms with Crippen LogP contribution in [0.2, 0.25) is 0 Å². The predicted octanol–water partition coefficient (Wildman–Crippen LogP) is 2.51. The molecule has 0 saturated carbocycles. The van der Waals surface area contributed by atoms with E-state index in [4.69, 9.17) is 4.74 Å². The summed E-state index contributed by atoms with van der Waals surface area (Å²) in [5.74, 6) is 2.01. The zero-order chi connectivity index (χ0) is 8.59. The van der Waals surface area contributed by atoms with Gasteiger partial charge in [-0.3, -0.25) is 0 Å². The minimum atomic E-state index is 0. The van der Waals surface area contributed by atoms with E-state index in [0.29, 0.717) is 17.9 Å². The van der Waals surface area contributed by atoms with E-state index in [2.05, 4.69) is 34.6 Å². The molecule has 1 fully saturated rings. The van der Waals surface area contributed by atoms with Gasteiger partial charge in [-0.05, 0) is 24.7 Å². The van der Waals surface area contributed by atoms with Crippen LogP contribution in [-0.2, 0) is 37.4 Å². The molecule has 5 atom stereocenters. The number of ether oxygens (including phenoxy) is 1. The molecule has 1 saturated heterocycles. The summed E-state index contributed by atoms with van der Waals surface area (Å²) in [4.78, 5) is 0. The van der Waals surface area contributed by atoms with E-state index in [-0.39, 0.29) is 38.8 Å². The van der Waals surface area contributed by atoms with E-state index in [1.54, 1.807) is 0 Å². The van der Waals surface area contributed by atoms with Gasteiger partial charge in [-0.25, -0.2) is 0 Å². The van der Waals surface area contributed by atoms with Crippen LogP contribution in [0.15, 0.2) is 0 Å². The van der Waals surface area contributed by atoms with E-state index in [1.165, 1.54) is 0 Å². The third-order valence-corrected chi connectivity index (χ3v) is 3.38. The molecule has 1 aliphatic rings. The molecule has 0 N–H and O–H groups in total. The van der Waals surface area contributed by atoms with Crippen LogP contribution in [0, 0.1) is 24.7 Å². The van der Waals surface area contributed by atoms with Crippen molar-refractivity contribution in [2.24, 2.45) is 17.8 Å². The standard InChI is InChI=1S/C10H19O.Y/c1-6-7(2)9(4)11-10(5)8(6)3;/h6-10H,4H2,1-3,5H3;/q-1;/t6-,7-,8+,9+,10-;/m0./s1. The van der Waals surface area contributed by atoms with Gasteiger partial charge in [0.1, 0.15) is 0 Å². The first-order chi connectivity index (χ1) is 5.04. The molecule has 0 amide bonds. The van der Waals surface area contributed by atoms with E-state index >= 15 is 0 Å². The van der Waals surface area contributed by atoms with Gasteiger partial charge in [0, 0.05) is 32.7 Å². The second kappa shape index (κ2) is 5.07. The van der Waals surface area contributed by atoms with Crippen molar-refractivity contribution >= 4 is 0 Å². The van der Waals surface area contributed by atoms with Crippen LogP contribution in [0.5, 0.6) is 0 Å². The van der Waals surface area contributed by atoms with Crippen molar-refractivity contribution in [2.45, 2.75) is 39.9 Å². The summed E-state index contributed by atoms with van der Waals surface area (Å²) in [6.45, 7) is 12.9. The Morgan fingerprint density at radius 2 is 1.42 bits per heavy atom. The Morgan fingerprint density at radius 3 is 1.92 bits per heavy atom. The molecule has 12 heavy (non-hydrogen) atoms. The maximum atomic E-state index is 5.67. The van der Waals surface area contributed by atoms with Gasteiger partial charge in [-0.1, -0.05) is 26.9 Å². The summed E-state index contributed by atoms with van der Waals surface area (Å²) in [6, 6.07) is 0. The van der Waals surface area contributed by atoms with Gasteiger partial charge in [0.25, 0.3) is 0 Å². The van der Waals surface area contributed by atoms with Gasteiger partial charge < -0.3 is 11.7 Å². The van der Waals surface area contributed by atoms with E-state index in [9.17, 15) is 0 Å². The van der Waals surface area contributed by atoms with Gasteiger partial charge in [-0.2, -0.15) is 0 Å². The van der Waals surface area contributed by atoms with Crippen LogP contribution in [-0.4, -0.2) is 12.2 Å². The van der Waals surface area contributed by atoms with E-state index in [0.717, 1.165) is 5.92 Å². The summed E-state index contributed by atoms with van der Waals surface area (Å²) in [5.41, 5.74) is 0. The summed E-state index contributed by atoms with van der Waals surface area (Å²) in [7, 11) is 0. The smallest absolute Gasteiger partial charge is 0.0543 e. The van der Waals surface area contributed by atoms with E-state index in [1.807, 2.05) is 0 Å². The SMILES string of the molecule is [CH2-][C@H]1O[C@@H](C)[C@H](C)[C@@H](C)[C@@H]1C.[Y]. The van der Waals surface area contributed by atoms with Crippen molar-refractivity contribution in [1.82, 2.24) is 0 Å². The number of hydrogen-bond acceptors (Lipinski definition) is 1. The van der Waals surface area contributed by atoms with Gasteiger partial charge in [-0.15, -0.1) is 0 Å². The zero-order valence-electron chi connectivity index (χ0n) is 8.58. The third kappa shape index (κ3) is 2.53. The first-order valence-corrected chi connectivity index (χ1v) is 4.52. The second-order valence-corrected chi connectivity index (χ2v) is 3.96. The summed E-state index contributed by atoms with van der Waals surface area (Å²) < 4.78 is 5.67. The fourth-order valence-corrected chi connectivity index (χ4v) is 1.77. The van der Waals surface area contributed by atoms with Crippen LogP contribution >= 0.6 is 0 Å². The molecule has 0 aromatic heterocycles. The van der Waals surface area contributed by atoms with Crippen LogP contribution in [0.3, 0.4) is 0 Å². The molecule has 1 nitrogen and oxygen atoms in total. The molecular formula is C10H19OY-. The molecule has 69 valence electrons. The maximum Gasteiger partial charge on any atom is 0.0543 e. The molecule has 1 heterocycles. The summed E-state index contributed by atoms with van der Waals surface area (Å²) in [5, 5.41) is 0. The fourth-order valence-electron chi connectivity index (χ4n) is 1.77. The Bertz CT molecular complexity index is 124. The van der Waals surface area contributed by atoms with Crippen LogP contribution in [0.4, 0.5) is 0 Å². The minimum absolute atomic E-state index is 0. The van der Waals surface area contributed by atoms with Crippen molar-refractivity contribution < 1.29 is 37.4 Å². The average molecular weight is 244 g/mol. The molecule has 1 radical (unpaired) electrons. The molecule has 0 aromatic carbocycles. The van der Waals surface area contributed by atoms with Crippen molar-refractivity contribution in [3.8, 4) is 0 Å². The Hall–Kier alpha value is 1.06. The molecule has 1 rings (SSSR count). The Morgan fingerprint density at radius 1 is 0.917 bits per heavy atom. The van der Waals surface area contributed by atoms with Crippen LogP contribution in [0.1, 0.15) is 27.7 Å². The predicted molar refractivity (Wildman–Crippen MR) is 47.2 cm³/mol. The van der Waals surface area contributed by atoms with Crippen LogP contribution in [0.25, 0.3) is 0 Å². The second-order valence-electron chi connectivity index (χ2n) is 3.96. The Labute approximate surface area is 102 Å². The van der Waals surface area contributed by atoms with Gasteiger partial charge in [0.15, 0.2) is 0 Å². The first-order valence-electron chi connectivity index (χ1n) is 4.52. The number of hydrogen-bond donors (Lipinski definition) is 0.